The molecule has 48 valence electrons. The van der Waals surface area contributed by atoms with E-state index in [1.807, 2.05) is 6.92 Å². The van der Waals surface area contributed by atoms with Crippen LogP contribution in [0.5, 0.6) is 0 Å². The van der Waals surface area contributed by atoms with E-state index in [-0.39, 0.29) is 6.10 Å². The van der Waals surface area contributed by atoms with Crippen molar-refractivity contribution in [1.29, 1.82) is 0 Å². The van der Waals surface area contributed by atoms with E-state index in [1.165, 1.54) is 6.20 Å². The predicted octanol–water partition coefficient (Wildman–Crippen LogP) is 0.620. The minimum atomic E-state index is -0.213. The number of nitrogens with two attached hydrogens (primary N) is 1. The molecule has 0 heterocycles. The summed E-state index contributed by atoms with van der Waals surface area (Å²) in [6.45, 7) is 1.94. The summed E-state index contributed by atoms with van der Waals surface area (Å²) in [5.41, 5.74) is 5.04. The Morgan fingerprint density at radius 1 is 1.75 bits per heavy atom. The van der Waals surface area contributed by atoms with E-state index in [0.717, 1.165) is 6.42 Å². The Morgan fingerprint density at radius 2 is 2.38 bits per heavy atom. The van der Waals surface area contributed by atoms with Crippen molar-refractivity contribution in [3.8, 4) is 0 Å². The molecule has 0 saturated carbocycles. The van der Waals surface area contributed by atoms with Crippen molar-refractivity contribution in [3.05, 3.63) is 12.3 Å². The Kier molecular flexibility index (Phi) is 4.36. The highest BCUT2D eigenvalue weighted by Gasteiger charge is 1.93. The van der Waals surface area contributed by atoms with E-state index in [9.17, 15) is 0 Å². The van der Waals surface area contributed by atoms with Crippen molar-refractivity contribution < 1.29 is 5.11 Å². The number of aliphatic hydroxyl groups is 1. The lowest BCUT2D eigenvalue weighted by atomic mass is 10.2. The molecule has 0 aromatic heterocycles. The minimum Gasteiger partial charge on any atom is -0.405 e. The Balaban J connectivity index is 3.10. The van der Waals surface area contributed by atoms with Crippen molar-refractivity contribution >= 4 is 0 Å². The summed E-state index contributed by atoms with van der Waals surface area (Å²) in [6, 6.07) is 0. The van der Waals surface area contributed by atoms with Gasteiger partial charge in [-0.05, 0) is 19.0 Å². The average Bonchev–Trinajstić information content (AvgIpc) is 1.83. The number of rotatable bonds is 3. The lowest BCUT2D eigenvalue weighted by molar-refractivity contribution is 0.173. The van der Waals surface area contributed by atoms with E-state index in [0.29, 0.717) is 6.42 Å². The molecule has 0 aliphatic heterocycles. The molecule has 0 aliphatic rings. The molecule has 8 heavy (non-hydrogen) atoms. The third-order valence-electron chi connectivity index (χ3n) is 1.02. The smallest absolute Gasteiger partial charge is 0.0572 e. The predicted molar refractivity (Wildman–Crippen MR) is 34.2 cm³/mol. The number of hydrogen-bond acceptors (Lipinski definition) is 2. The molecule has 0 spiro atoms. The first-order chi connectivity index (χ1) is 3.81. The molecule has 0 fully saturated rings. The molecule has 2 nitrogen and oxygen atoms in total. The van der Waals surface area contributed by atoms with Crippen LogP contribution in [0, 0.1) is 0 Å². The van der Waals surface area contributed by atoms with Gasteiger partial charge in [-0.3, -0.25) is 0 Å². The Hall–Kier alpha value is -0.500. The zero-order valence-electron chi connectivity index (χ0n) is 5.17. The number of aliphatic hydroxyl groups excluding tert-OH is 1. The standard InChI is InChI=1S/C6H13NO/c1-2-6(8)4-3-5-7/h3,5-6,8H,2,4,7H2,1H3. The van der Waals surface area contributed by atoms with Gasteiger partial charge in [-0.1, -0.05) is 13.0 Å². The fourth-order valence-corrected chi connectivity index (χ4v) is 0.402. The maximum atomic E-state index is 8.88. The molecule has 0 rings (SSSR count). The quantitative estimate of drug-likeness (QED) is 0.566. The first kappa shape index (κ1) is 7.50. The highest BCUT2D eigenvalue weighted by molar-refractivity contribution is 4.78. The molecule has 0 aromatic carbocycles. The van der Waals surface area contributed by atoms with Crippen molar-refractivity contribution in [2.45, 2.75) is 25.9 Å². The SMILES string of the molecule is CCC(O)CC=CN. The van der Waals surface area contributed by atoms with Crippen LogP contribution in [0.3, 0.4) is 0 Å². The highest BCUT2D eigenvalue weighted by Crippen LogP contribution is 1.95. The van der Waals surface area contributed by atoms with Crippen molar-refractivity contribution in [1.82, 2.24) is 0 Å². The van der Waals surface area contributed by atoms with Crippen LogP contribution < -0.4 is 5.73 Å². The summed E-state index contributed by atoms with van der Waals surface area (Å²) in [5.74, 6) is 0. The van der Waals surface area contributed by atoms with E-state index < -0.39 is 0 Å². The van der Waals surface area contributed by atoms with E-state index in [1.54, 1.807) is 6.08 Å². The van der Waals surface area contributed by atoms with Crippen LogP contribution in [0.1, 0.15) is 19.8 Å². The molecule has 1 unspecified atom stereocenters. The molecule has 0 bridgehead atoms. The van der Waals surface area contributed by atoms with Crippen LogP contribution in [0.2, 0.25) is 0 Å². The average molecular weight is 115 g/mol. The lowest BCUT2D eigenvalue weighted by Crippen LogP contribution is -2.01. The monoisotopic (exact) mass is 115 g/mol. The number of hydrogen-bond donors (Lipinski definition) is 2. The van der Waals surface area contributed by atoms with Crippen molar-refractivity contribution in [2.75, 3.05) is 0 Å². The van der Waals surface area contributed by atoms with Crippen molar-refractivity contribution in [2.24, 2.45) is 5.73 Å². The summed E-state index contributed by atoms with van der Waals surface area (Å²) in [7, 11) is 0. The molecule has 0 saturated heterocycles. The van der Waals surface area contributed by atoms with E-state index >= 15 is 0 Å². The maximum Gasteiger partial charge on any atom is 0.0572 e. The molecule has 0 amide bonds. The van der Waals surface area contributed by atoms with Crippen LogP contribution in [-0.4, -0.2) is 11.2 Å². The van der Waals surface area contributed by atoms with E-state index in [4.69, 9.17) is 10.8 Å². The summed E-state index contributed by atoms with van der Waals surface area (Å²) in [4.78, 5) is 0. The second-order valence-electron chi connectivity index (χ2n) is 1.73. The Morgan fingerprint density at radius 3 is 2.75 bits per heavy atom. The van der Waals surface area contributed by atoms with Gasteiger partial charge in [0.25, 0.3) is 0 Å². The van der Waals surface area contributed by atoms with Crippen LogP contribution >= 0.6 is 0 Å². The second kappa shape index (κ2) is 4.65. The molecule has 1 atom stereocenters. The van der Waals surface area contributed by atoms with Gasteiger partial charge in [-0.25, -0.2) is 0 Å². The van der Waals surface area contributed by atoms with Gasteiger partial charge in [0.2, 0.25) is 0 Å². The van der Waals surface area contributed by atoms with Gasteiger partial charge in [0.05, 0.1) is 6.10 Å². The van der Waals surface area contributed by atoms with Gasteiger partial charge in [0.1, 0.15) is 0 Å². The zero-order chi connectivity index (χ0) is 6.41. The van der Waals surface area contributed by atoms with Gasteiger partial charge in [-0.2, -0.15) is 0 Å². The third kappa shape index (κ3) is 3.68. The Labute approximate surface area is 50.0 Å². The van der Waals surface area contributed by atoms with E-state index in [2.05, 4.69) is 0 Å². The third-order valence-corrected chi connectivity index (χ3v) is 1.02. The molecule has 0 aromatic rings. The minimum absolute atomic E-state index is 0.213. The molecule has 0 aliphatic carbocycles. The zero-order valence-corrected chi connectivity index (χ0v) is 5.17. The molecular weight excluding hydrogens is 102 g/mol. The van der Waals surface area contributed by atoms with Crippen LogP contribution in [0.15, 0.2) is 12.3 Å². The molecule has 0 radical (unpaired) electrons. The van der Waals surface area contributed by atoms with Gasteiger partial charge >= 0.3 is 0 Å². The van der Waals surface area contributed by atoms with Crippen LogP contribution in [-0.2, 0) is 0 Å². The largest absolute Gasteiger partial charge is 0.405 e. The fraction of sp³-hybridized carbons (Fsp3) is 0.667. The van der Waals surface area contributed by atoms with Gasteiger partial charge < -0.3 is 10.8 Å². The topological polar surface area (TPSA) is 46.2 Å². The maximum absolute atomic E-state index is 8.88. The highest BCUT2D eigenvalue weighted by atomic mass is 16.3. The van der Waals surface area contributed by atoms with Gasteiger partial charge in [-0.15, -0.1) is 0 Å². The summed E-state index contributed by atoms with van der Waals surface area (Å²) in [5, 5.41) is 8.88. The summed E-state index contributed by atoms with van der Waals surface area (Å²) >= 11 is 0. The summed E-state index contributed by atoms with van der Waals surface area (Å²) < 4.78 is 0. The summed E-state index contributed by atoms with van der Waals surface area (Å²) in [6.07, 6.45) is 4.47. The molecular formula is C6H13NO. The molecule has 3 N–H and O–H groups in total. The normalized spacial score (nSPS) is 14.8. The lowest BCUT2D eigenvalue weighted by Gasteiger charge is -2.00. The van der Waals surface area contributed by atoms with Crippen LogP contribution in [0.25, 0.3) is 0 Å². The van der Waals surface area contributed by atoms with Gasteiger partial charge in [0.15, 0.2) is 0 Å². The van der Waals surface area contributed by atoms with Crippen molar-refractivity contribution in [3.63, 3.8) is 0 Å². The first-order valence-corrected chi connectivity index (χ1v) is 2.86. The molecule has 2 heteroatoms. The second-order valence-corrected chi connectivity index (χ2v) is 1.73. The van der Waals surface area contributed by atoms with Gasteiger partial charge in [0, 0.05) is 0 Å². The first-order valence-electron chi connectivity index (χ1n) is 2.86. The van der Waals surface area contributed by atoms with Crippen LogP contribution in [0.4, 0.5) is 0 Å². The fourth-order valence-electron chi connectivity index (χ4n) is 0.402. The Bertz CT molecular complexity index is 70.9.